The first-order valence-corrected chi connectivity index (χ1v) is 5.81. The Balaban J connectivity index is 2.89. The molecule has 0 atom stereocenters. The van der Waals surface area contributed by atoms with Crippen LogP contribution >= 0.6 is 23.4 Å². The molecule has 104 valence electrons. The normalized spacial score (nSPS) is 12.4. The Kier molecular flexibility index (Phi) is 5.65. The number of rotatable bonds is 5. The highest BCUT2D eigenvalue weighted by Gasteiger charge is 2.32. The Labute approximate surface area is 118 Å². The minimum absolute atomic E-state index is 0.0630. The molecule has 3 N–H and O–H groups in total. The third-order valence-corrected chi connectivity index (χ3v) is 2.38. The maximum absolute atomic E-state index is 12.3. The fourth-order valence-electron chi connectivity index (χ4n) is 1.21. The first kappa shape index (κ1) is 15.8. The van der Waals surface area contributed by atoms with Crippen LogP contribution in [0.4, 0.5) is 18.9 Å². The summed E-state index contributed by atoms with van der Waals surface area (Å²) >= 11 is 11.0. The van der Waals surface area contributed by atoms with Crippen LogP contribution in [0.15, 0.2) is 36.0 Å². The zero-order valence-electron chi connectivity index (χ0n) is 9.48. The average molecular weight is 312 g/mol. The molecule has 0 amide bonds. The van der Waals surface area contributed by atoms with Gasteiger partial charge in [-0.3, -0.25) is 5.41 Å². The number of halogens is 5. The molecule has 0 saturated carbocycles. The fourth-order valence-corrected chi connectivity index (χ4v) is 1.55. The van der Waals surface area contributed by atoms with E-state index < -0.39 is 11.9 Å². The zero-order valence-corrected chi connectivity index (χ0v) is 11.0. The van der Waals surface area contributed by atoms with Gasteiger partial charge in [-0.2, -0.15) is 13.2 Å². The molecule has 0 aliphatic carbocycles. The van der Waals surface area contributed by atoms with Gasteiger partial charge >= 0.3 is 6.18 Å². The van der Waals surface area contributed by atoms with Gasteiger partial charge in [0.1, 0.15) is 5.71 Å². The van der Waals surface area contributed by atoms with Crippen molar-refractivity contribution >= 4 is 34.8 Å². The number of hydrogen-bond donors (Lipinski definition) is 3. The third kappa shape index (κ3) is 5.50. The largest absolute Gasteiger partial charge is 0.432 e. The first-order chi connectivity index (χ1) is 8.82. The van der Waals surface area contributed by atoms with Gasteiger partial charge in [0.05, 0.1) is 6.54 Å². The third-order valence-electron chi connectivity index (χ3n) is 2.01. The van der Waals surface area contributed by atoms with Crippen molar-refractivity contribution in [1.29, 1.82) is 5.41 Å². The highest BCUT2D eigenvalue weighted by Crippen LogP contribution is 2.20. The molecule has 0 saturated heterocycles. The second kappa shape index (κ2) is 6.79. The van der Waals surface area contributed by atoms with E-state index in [9.17, 15) is 13.2 Å². The molecule has 0 unspecified atom stereocenters. The highest BCUT2D eigenvalue weighted by atomic mass is 35.5. The second-order valence-corrected chi connectivity index (χ2v) is 4.23. The lowest BCUT2D eigenvalue weighted by atomic mass is 10.2. The standard InChI is InChI=1S/C11H10Cl2F3N3/c12-7-2-1-3-8(4-7)19-9(6-18-13)5-10(17)11(14,15)16/h1-5,17-19H,6H2/b9-5-,17-10?. The molecule has 0 spiro atoms. The van der Waals surface area contributed by atoms with Gasteiger partial charge in [0.2, 0.25) is 0 Å². The summed E-state index contributed by atoms with van der Waals surface area (Å²) in [5.74, 6) is 0. The maximum Gasteiger partial charge on any atom is 0.432 e. The number of alkyl halides is 3. The molecule has 0 aliphatic heterocycles. The van der Waals surface area contributed by atoms with Crippen LogP contribution in [-0.2, 0) is 0 Å². The Morgan fingerprint density at radius 3 is 2.58 bits per heavy atom. The van der Waals surface area contributed by atoms with Gasteiger partial charge < -0.3 is 5.32 Å². The van der Waals surface area contributed by atoms with Gasteiger partial charge in [-0.05, 0) is 36.1 Å². The van der Waals surface area contributed by atoms with Crippen molar-refractivity contribution in [2.24, 2.45) is 0 Å². The van der Waals surface area contributed by atoms with E-state index in [1.807, 2.05) is 0 Å². The molecule has 0 aromatic heterocycles. The van der Waals surface area contributed by atoms with Gasteiger partial charge in [-0.25, -0.2) is 4.84 Å². The van der Waals surface area contributed by atoms with E-state index >= 15 is 0 Å². The number of benzene rings is 1. The van der Waals surface area contributed by atoms with Crippen molar-refractivity contribution in [1.82, 2.24) is 4.84 Å². The lowest BCUT2D eigenvalue weighted by Gasteiger charge is -2.12. The molecular weight excluding hydrogens is 302 g/mol. The molecule has 0 aliphatic rings. The number of anilines is 1. The van der Waals surface area contributed by atoms with Crippen LogP contribution in [0.3, 0.4) is 0 Å². The molecule has 0 bridgehead atoms. The van der Waals surface area contributed by atoms with Crippen molar-refractivity contribution in [3.63, 3.8) is 0 Å². The zero-order chi connectivity index (χ0) is 14.5. The predicted octanol–water partition coefficient (Wildman–Crippen LogP) is 3.96. The van der Waals surface area contributed by atoms with E-state index in [4.69, 9.17) is 28.8 Å². The van der Waals surface area contributed by atoms with E-state index in [-0.39, 0.29) is 12.2 Å². The van der Waals surface area contributed by atoms with E-state index in [1.165, 1.54) is 0 Å². The lowest BCUT2D eigenvalue weighted by Crippen LogP contribution is -2.22. The minimum atomic E-state index is -4.70. The van der Waals surface area contributed by atoms with Crippen molar-refractivity contribution in [3.8, 4) is 0 Å². The number of allylic oxidation sites excluding steroid dienone is 1. The summed E-state index contributed by atoms with van der Waals surface area (Å²) in [5, 5.41) is 10.1. The van der Waals surface area contributed by atoms with Crippen molar-refractivity contribution in [2.75, 3.05) is 11.9 Å². The molecule has 0 fully saturated rings. The molecule has 1 rings (SSSR count). The highest BCUT2D eigenvalue weighted by molar-refractivity contribution is 6.30. The Morgan fingerprint density at radius 2 is 2.05 bits per heavy atom. The summed E-state index contributed by atoms with van der Waals surface area (Å²) in [5.41, 5.74) is -0.871. The fraction of sp³-hybridized carbons (Fsp3) is 0.182. The van der Waals surface area contributed by atoms with Crippen LogP contribution < -0.4 is 10.2 Å². The Morgan fingerprint density at radius 1 is 1.37 bits per heavy atom. The van der Waals surface area contributed by atoms with Crippen molar-refractivity contribution < 1.29 is 13.2 Å². The van der Waals surface area contributed by atoms with Crippen molar-refractivity contribution in [3.05, 3.63) is 41.1 Å². The Hall–Kier alpha value is -1.24. The smallest absolute Gasteiger partial charge is 0.358 e. The molecule has 19 heavy (non-hydrogen) atoms. The monoisotopic (exact) mass is 311 g/mol. The molecule has 8 heteroatoms. The number of hydrogen-bond acceptors (Lipinski definition) is 3. The topological polar surface area (TPSA) is 47.9 Å². The SMILES string of the molecule is N=C(/C=C(/CNCl)Nc1cccc(Cl)c1)C(F)(F)F. The molecule has 1 aromatic rings. The minimum Gasteiger partial charge on any atom is -0.358 e. The van der Waals surface area contributed by atoms with Crippen molar-refractivity contribution in [2.45, 2.75) is 6.18 Å². The van der Waals surface area contributed by atoms with Gasteiger partial charge in [-0.1, -0.05) is 17.7 Å². The quantitative estimate of drug-likeness (QED) is 0.569. The van der Waals surface area contributed by atoms with Crippen LogP contribution in [-0.4, -0.2) is 18.4 Å². The van der Waals surface area contributed by atoms with Crippen LogP contribution in [0, 0.1) is 5.41 Å². The van der Waals surface area contributed by atoms with Crippen LogP contribution in [0.2, 0.25) is 5.02 Å². The van der Waals surface area contributed by atoms with Gasteiger partial charge in [0, 0.05) is 16.4 Å². The lowest BCUT2D eigenvalue weighted by molar-refractivity contribution is -0.0584. The number of nitrogens with one attached hydrogen (secondary N) is 3. The van der Waals surface area contributed by atoms with Gasteiger partial charge in [0.25, 0.3) is 0 Å². The molecule has 0 heterocycles. The van der Waals surface area contributed by atoms with Crippen LogP contribution in [0.5, 0.6) is 0 Å². The molecular formula is C11H10Cl2F3N3. The molecule has 3 nitrogen and oxygen atoms in total. The average Bonchev–Trinajstić information content (AvgIpc) is 2.27. The maximum atomic E-state index is 12.3. The van der Waals surface area contributed by atoms with E-state index in [1.54, 1.807) is 24.3 Å². The summed E-state index contributed by atoms with van der Waals surface area (Å²) < 4.78 is 36.8. The van der Waals surface area contributed by atoms with Crippen LogP contribution in [0.25, 0.3) is 0 Å². The first-order valence-electron chi connectivity index (χ1n) is 5.05. The summed E-state index contributed by atoms with van der Waals surface area (Å²) in [6.45, 7) is -0.0630. The van der Waals surface area contributed by atoms with Gasteiger partial charge in [-0.15, -0.1) is 0 Å². The Bertz CT molecular complexity index is 486. The van der Waals surface area contributed by atoms with E-state index in [0.717, 1.165) is 0 Å². The van der Waals surface area contributed by atoms with E-state index in [2.05, 4.69) is 10.2 Å². The molecule has 0 radical (unpaired) electrons. The van der Waals surface area contributed by atoms with E-state index in [0.29, 0.717) is 16.8 Å². The predicted molar refractivity (Wildman–Crippen MR) is 70.8 cm³/mol. The second-order valence-electron chi connectivity index (χ2n) is 3.53. The summed E-state index contributed by atoms with van der Waals surface area (Å²) in [7, 11) is 0. The summed E-state index contributed by atoms with van der Waals surface area (Å²) in [6.07, 6.45) is -4.04. The summed E-state index contributed by atoms with van der Waals surface area (Å²) in [6, 6.07) is 6.45. The summed E-state index contributed by atoms with van der Waals surface area (Å²) in [4.78, 5) is 2.20. The molecule has 1 aromatic carbocycles. The van der Waals surface area contributed by atoms with Crippen LogP contribution in [0.1, 0.15) is 0 Å². The van der Waals surface area contributed by atoms with Gasteiger partial charge in [0.15, 0.2) is 0 Å².